The minimum atomic E-state index is -0.986. The molecule has 3 amide bonds. The molecule has 0 unspecified atom stereocenters. The molecule has 1 heterocycles. The summed E-state index contributed by atoms with van der Waals surface area (Å²) in [4.78, 5) is 36.3. The zero-order valence-electron chi connectivity index (χ0n) is 17.0. The molecule has 1 aliphatic heterocycles. The summed E-state index contributed by atoms with van der Waals surface area (Å²) in [6, 6.07) is 11.1. The van der Waals surface area contributed by atoms with E-state index in [-0.39, 0.29) is 24.4 Å². The van der Waals surface area contributed by atoms with E-state index < -0.39 is 17.9 Å². The highest BCUT2D eigenvalue weighted by atomic mass is 16.5. The average Bonchev–Trinajstić information content (AvgIpc) is 3.01. The molecule has 0 atom stereocenters. The lowest BCUT2D eigenvalue weighted by molar-refractivity contribution is -0.122. The van der Waals surface area contributed by atoms with Gasteiger partial charge in [0.2, 0.25) is 0 Å². The van der Waals surface area contributed by atoms with Gasteiger partial charge in [0.25, 0.3) is 5.91 Å². The van der Waals surface area contributed by atoms with Crippen LogP contribution in [-0.4, -0.2) is 41.1 Å². The Hall–Kier alpha value is -4.07. The zero-order chi connectivity index (χ0) is 22.4. The zero-order valence-corrected chi connectivity index (χ0v) is 17.0. The molecule has 8 heteroatoms. The maximum Gasteiger partial charge on any atom is 0.335 e. The molecule has 2 aromatic carbocycles. The molecule has 0 bridgehead atoms. The van der Waals surface area contributed by atoms with E-state index >= 15 is 0 Å². The number of imide groups is 1. The van der Waals surface area contributed by atoms with Gasteiger partial charge in [-0.1, -0.05) is 24.3 Å². The molecule has 1 aliphatic rings. The number of ether oxygens (including phenoxy) is 2. The van der Waals surface area contributed by atoms with Crippen molar-refractivity contribution in [2.75, 3.05) is 13.2 Å². The summed E-state index contributed by atoms with van der Waals surface area (Å²) in [7, 11) is 0. The fourth-order valence-electron chi connectivity index (χ4n) is 2.94. The summed E-state index contributed by atoms with van der Waals surface area (Å²) in [6.07, 6.45) is 3.05. The minimum absolute atomic E-state index is 0.131. The first kappa shape index (κ1) is 21.6. The van der Waals surface area contributed by atoms with Crippen molar-refractivity contribution in [1.29, 1.82) is 0 Å². The third-order valence-corrected chi connectivity index (χ3v) is 4.45. The van der Waals surface area contributed by atoms with Crippen molar-refractivity contribution in [3.63, 3.8) is 0 Å². The van der Waals surface area contributed by atoms with Gasteiger partial charge in [-0.3, -0.25) is 9.69 Å². The molecule has 3 rings (SSSR count). The fraction of sp³-hybridized carbons (Fsp3) is 0.174. The lowest BCUT2D eigenvalue weighted by Crippen LogP contribution is -2.30. The second-order valence-corrected chi connectivity index (χ2v) is 6.62. The summed E-state index contributed by atoms with van der Waals surface area (Å²) in [6.45, 7) is 6.15. The molecule has 0 saturated carbocycles. The molecule has 0 aromatic heterocycles. The van der Waals surface area contributed by atoms with Gasteiger partial charge in [0.05, 0.1) is 12.2 Å². The Morgan fingerprint density at radius 2 is 1.87 bits per heavy atom. The molecule has 160 valence electrons. The maximum atomic E-state index is 12.3. The summed E-state index contributed by atoms with van der Waals surface area (Å²) < 4.78 is 11.5. The van der Waals surface area contributed by atoms with E-state index in [9.17, 15) is 14.4 Å². The average molecular weight is 422 g/mol. The number of amides is 3. The molecule has 1 saturated heterocycles. The van der Waals surface area contributed by atoms with Crippen molar-refractivity contribution in [2.45, 2.75) is 13.5 Å². The van der Waals surface area contributed by atoms with Crippen LogP contribution in [0.2, 0.25) is 0 Å². The first-order valence-electron chi connectivity index (χ1n) is 9.60. The monoisotopic (exact) mass is 422 g/mol. The van der Waals surface area contributed by atoms with E-state index in [0.29, 0.717) is 23.7 Å². The van der Waals surface area contributed by atoms with E-state index in [4.69, 9.17) is 14.6 Å². The number of aromatic carboxylic acids is 1. The second kappa shape index (κ2) is 9.62. The predicted molar refractivity (Wildman–Crippen MR) is 114 cm³/mol. The topological polar surface area (TPSA) is 105 Å². The van der Waals surface area contributed by atoms with E-state index in [1.54, 1.807) is 36.4 Å². The highest BCUT2D eigenvalue weighted by Gasteiger charge is 2.32. The number of carboxylic acid groups (broad SMARTS) is 1. The largest absolute Gasteiger partial charge is 0.490 e. The van der Waals surface area contributed by atoms with E-state index in [1.807, 2.05) is 6.92 Å². The first-order valence-corrected chi connectivity index (χ1v) is 9.60. The van der Waals surface area contributed by atoms with Gasteiger partial charge in [-0.2, -0.15) is 0 Å². The quantitative estimate of drug-likeness (QED) is 0.364. The Labute approximate surface area is 179 Å². The molecular formula is C23H22N2O6. The molecule has 0 aliphatic carbocycles. The van der Waals surface area contributed by atoms with Crippen LogP contribution in [0.1, 0.15) is 28.4 Å². The van der Waals surface area contributed by atoms with Crippen LogP contribution in [0.5, 0.6) is 11.5 Å². The number of benzene rings is 2. The number of nitrogens with zero attached hydrogens (tertiary/aromatic N) is 1. The van der Waals surface area contributed by atoms with Crippen LogP contribution in [-0.2, 0) is 11.4 Å². The van der Waals surface area contributed by atoms with Crippen molar-refractivity contribution < 1.29 is 29.0 Å². The molecule has 1 fully saturated rings. The lowest BCUT2D eigenvalue weighted by atomic mass is 10.1. The van der Waals surface area contributed by atoms with Crippen LogP contribution in [0.4, 0.5) is 4.79 Å². The van der Waals surface area contributed by atoms with Gasteiger partial charge < -0.3 is 19.9 Å². The smallest absolute Gasteiger partial charge is 0.335 e. The normalized spacial score (nSPS) is 14.5. The number of carbonyl (C=O) groups excluding carboxylic acids is 2. The van der Waals surface area contributed by atoms with Gasteiger partial charge in [-0.05, 0) is 48.4 Å². The van der Waals surface area contributed by atoms with Crippen LogP contribution in [0.15, 0.2) is 60.8 Å². The SMILES string of the molecule is C=CCN1C(=O)N/C(=C/c2ccc(OCc3ccc(C(=O)O)cc3)c(OCC)c2)C1=O. The van der Waals surface area contributed by atoms with Gasteiger partial charge in [0, 0.05) is 6.54 Å². The second-order valence-electron chi connectivity index (χ2n) is 6.62. The lowest BCUT2D eigenvalue weighted by Gasteiger charge is -2.13. The Kier molecular flexibility index (Phi) is 6.71. The summed E-state index contributed by atoms with van der Waals surface area (Å²) in [5.74, 6) is -0.423. The minimum Gasteiger partial charge on any atom is -0.490 e. The highest BCUT2D eigenvalue weighted by molar-refractivity contribution is 6.14. The number of carbonyl (C=O) groups is 3. The highest BCUT2D eigenvalue weighted by Crippen LogP contribution is 2.30. The molecule has 8 nitrogen and oxygen atoms in total. The van der Waals surface area contributed by atoms with Crippen molar-refractivity contribution in [2.24, 2.45) is 0 Å². The molecule has 2 aromatic rings. The van der Waals surface area contributed by atoms with Gasteiger partial charge in [-0.15, -0.1) is 6.58 Å². The first-order chi connectivity index (χ1) is 14.9. The molecule has 31 heavy (non-hydrogen) atoms. The third kappa shape index (κ3) is 5.11. The maximum absolute atomic E-state index is 12.3. The molecule has 2 N–H and O–H groups in total. The van der Waals surface area contributed by atoms with Gasteiger partial charge in [0.15, 0.2) is 11.5 Å². The molecule has 0 radical (unpaired) electrons. The Morgan fingerprint density at radius 1 is 1.13 bits per heavy atom. The standard InChI is InChI=1S/C23H22N2O6/c1-3-11-25-21(26)18(24-23(25)29)12-16-7-10-19(20(13-16)30-4-2)31-14-15-5-8-17(9-6-15)22(27)28/h3,5-10,12-13H,1,4,11,14H2,2H3,(H,24,29)(H,27,28)/b18-12+. The fourth-order valence-corrected chi connectivity index (χ4v) is 2.94. The number of urea groups is 1. The Morgan fingerprint density at radius 3 is 2.52 bits per heavy atom. The Bertz CT molecular complexity index is 1040. The number of carboxylic acids is 1. The van der Waals surface area contributed by atoms with Gasteiger partial charge >= 0.3 is 12.0 Å². The third-order valence-electron chi connectivity index (χ3n) is 4.45. The summed E-state index contributed by atoms with van der Waals surface area (Å²) in [5.41, 5.74) is 1.84. The summed E-state index contributed by atoms with van der Waals surface area (Å²) >= 11 is 0. The van der Waals surface area contributed by atoms with E-state index in [0.717, 1.165) is 10.5 Å². The van der Waals surface area contributed by atoms with Crippen molar-refractivity contribution >= 4 is 24.0 Å². The summed E-state index contributed by atoms with van der Waals surface area (Å²) in [5, 5.41) is 11.5. The van der Waals surface area contributed by atoms with E-state index in [2.05, 4.69) is 11.9 Å². The number of hydrogen-bond acceptors (Lipinski definition) is 5. The van der Waals surface area contributed by atoms with Crippen LogP contribution in [0, 0.1) is 0 Å². The van der Waals surface area contributed by atoms with Gasteiger partial charge in [-0.25, -0.2) is 9.59 Å². The van der Waals surface area contributed by atoms with Crippen LogP contribution in [0.3, 0.4) is 0 Å². The van der Waals surface area contributed by atoms with Gasteiger partial charge in [0.1, 0.15) is 12.3 Å². The van der Waals surface area contributed by atoms with Crippen LogP contribution < -0.4 is 14.8 Å². The van der Waals surface area contributed by atoms with E-state index in [1.165, 1.54) is 18.2 Å². The number of nitrogens with one attached hydrogen (secondary N) is 1. The van der Waals surface area contributed by atoms with Crippen molar-refractivity contribution in [3.05, 3.63) is 77.5 Å². The molecule has 0 spiro atoms. The number of rotatable bonds is 9. The number of hydrogen-bond donors (Lipinski definition) is 2. The Balaban J connectivity index is 1.76. The predicted octanol–water partition coefficient (Wildman–Crippen LogP) is 3.44. The van der Waals surface area contributed by atoms with Crippen molar-refractivity contribution in [1.82, 2.24) is 10.2 Å². The molecular weight excluding hydrogens is 400 g/mol. The van der Waals surface area contributed by atoms with Crippen LogP contribution >= 0.6 is 0 Å². The van der Waals surface area contributed by atoms with Crippen molar-refractivity contribution in [3.8, 4) is 11.5 Å². The van der Waals surface area contributed by atoms with Crippen LogP contribution in [0.25, 0.3) is 6.08 Å².